The molecule has 152 valence electrons. The first-order chi connectivity index (χ1) is 14.0. The van der Waals surface area contributed by atoms with Crippen LogP contribution in [0, 0.1) is 4.77 Å². The number of rotatable bonds is 5. The highest BCUT2D eigenvalue weighted by atomic mass is 32.1. The Hall–Kier alpha value is -2.61. The fourth-order valence-electron chi connectivity index (χ4n) is 4.03. The molecule has 3 aromatic rings. The molecule has 0 saturated carbocycles. The van der Waals surface area contributed by atoms with Crippen molar-refractivity contribution in [2.45, 2.75) is 19.3 Å². The van der Waals surface area contributed by atoms with Gasteiger partial charge in [-0.25, -0.2) is 0 Å². The Labute approximate surface area is 175 Å². The molecule has 0 saturated heterocycles. The lowest BCUT2D eigenvalue weighted by Crippen LogP contribution is -2.35. The van der Waals surface area contributed by atoms with Gasteiger partial charge in [0.2, 0.25) is 0 Å². The molecule has 0 amide bonds. The predicted octanol–water partition coefficient (Wildman–Crippen LogP) is 3.75. The normalized spacial score (nSPS) is 16.5. The second-order valence-corrected chi connectivity index (χ2v) is 7.59. The number of nitrogens with zero attached hydrogens (tertiary/aromatic N) is 3. The Kier molecular flexibility index (Phi) is 5.45. The van der Waals surface area contributed by atoms with E-state index in [0.29, 0.717) is 25.5 Å². The first-order valence-corrected chi connectivity index (χ1v) is 9.90. The van der Waals surface area contributed by atoms with Crippen molar-refractivity contribution in [3.8, 4) is 22.8 Å². The second kappa shape index (κ2) is 8.02. The molecular weight excluding hydrogens is 386 g/mol. The molecule has 0 radical (unpaired) electrons. The molecule has 4 rings (SSSR count). The van der Waals surface area contributed by atoms with E-state index in [9.17, 15) is 5.11 Å². The van der Waals surface area contributed by atoms with Crippen molar-refractivity contribution < 1.29 is 14.6 Å². The van der Waals surface area contributed by atoms with Gasteiger partial charge in [0.15, 0.2) is 4.77 Å². The molecule has 1 unspecified atom stereocenters. The Bertz CT molecular complexity index is 1070. The smallest absolute Gasteiger partial charge is 0.181 e. The maximum Gasteiger partial charge on any atom is 0.181 e. The number of benzene rings is 2. The van der Waals surface area contributed by atoms with Crippen molar-refractivity contribution >= 4 is 12.2 Å². The van der Waals surface area contributed by atoms with Gasteiger partial charge < -0.3 is 23.7 Å². The molecule has 0 spiro atoms. The quantitative estimate of drug-likeness (QED) is 0.648. The van der Waals surface area contributed by atoms with Crippen LogP contribution in [-0.2, 0) is 20.3 Å². The summed E-state index contributed by atoms with van der Waals surface area (Å²) in [6.45, 7) is 1.72. The van der Waals surface area contributed by atoms with Gasteiger partial charge in [0, 0.05) is 37.5 Å². The van der Waals surface area contributed by atoms with Crippen molar-refractivity contribution in [3.63, 3.8) is 0 Å². The van der Waals surface area contributed by atoms with Crippen molar-refractivity contribution in [1.82, 2.24) is 14.0 Å². The number of fused-ring (bicyclic) bond motifs is 1. The van der Waals surface area contributed by atoms with E-state index in [-0.39, 0.29) is 0 Å². The highest BCUT2D eigenvalue weighted by molar-refractivity contribution is 7.71. The minimum Gasteiger partial charge on any atom is -0.496 e. The molecule has 1 N–H and O–H groups in total. The van der Waals surface area contributed by atoms with Crippen molar-refractivity contribution in [2.24, 2.45) is 7.05 Å². The second-order valence-electron chi connectivity index (χ2n) is 7.22. The topological polar surface area (TPSA) is 51.8 Å². The Morgan fingerprint density at radius 2 is 1.76 bits per heavy atom. The van der Waals surface area contributed by atoms with Gasteiger partial charge in [-0.1, -0.05) is 30.3 Å². The summed E-state index contributed by atoms with van der Waals surface area (Å²) in [7, 11) is 5.25. The third kappa shape index (κ3) is 3.57. The van der Waals surface area contributed by atoms with Crippen LogP contribution in [0.4, 0.5) is 0 Å². The molecule has 0 fully saturated rings. The lowest BCUT2D eigenvalue weighted by molar-refractivity contribution is 0.0700. The van der Waals surface area contributed by atoms with Gasteiger partial charge in [-0.3, -0.25) is 4.90 Å². The minimum atomic E-state index is -0.657. The van der Waals surface area contributed by atoms with E-state index in [0.717, 1.165) is 32.9 Å². The van der Waals surface area contributed by atoms with Gasteiger partial charge in [-0.2, -0.15) is 0 Å². The fraction of sp³-hybridized carbons (Fsp3) is 0.318. The third-order valence-electron chi connectivity index (χ3n) is 5.45. The molecule has 2 heterocycles. The molecule has 2 aromatic carbocycles. The summed E-state index contributed by atoms with van der Waals surface area (Å²) in [6, 6.07) is 13.9. The van der Waals surface area contributed by atoms with Gasteiger partial charge in [0.1, 0.15) is 11.5 Å². The molecule has 7 heteroatoms. The largest absolute Gasteiger partial charge is 0.496 e. The lowest BCUT2D eigenvalue weighted by atomic mass is 9.95. The maximum atomic E-state index is 10.8. The third-order valence-corrected chi connectivity index (χ3v) is 5.96. The number of imidazole rings is 1. The Morgan fingerprint density at radius 1 is 1.07 bits per heavy atom. The molecule has 1 aromatic heterocycles. The Balaban J connectivity index is 1.65. The summed E-state index contributed by atoms with van der Waals surface area (Å²) in [4.78, 5) is 2.17. The monoisotopic (exact) mass is 411 g/mol. The molecule has 1 atom stereocenters. The first-order valence-electron chi connectivity index (χ1n) is 9.49. The molecule has 29 heavy (non-hydrogen) atoms. The average Bonchev–Trinajstić information content (AvgIpc) is 3.02. The summed E-state index contributed by atoms with van der Waals surface area (Å²) >= 11 is 5.67. The van der Waals surface area contributed by atoms with Gasteiger partial charge in [0.25, 0.3) is 0 Å². The molecule has 6 nitrogen and oxygen atoms in total. The van der Waals surface area contributed by atoms with E-state index in [4.69, 9.17) is 21.7 Å². The summed E-state index contributed by atoms with van der Waals surface area (Å²) < 4.78 is 15.8. The van der Waals surface area contributed by atoms with E-state index < -0.39 is 6.10 Å². The number of aromatic nitrogens is 2. The number of hydrogen-bond donors (Lipinski definition) is 1. The number of hydrogen-bond acceptors (Lipinski definition) is 5. The van der Waals surface area contributed by atoms with Crippen LogP contribution in [0.15, 0.2) is 48.7 Å². The van der Waals surface area contributed by atoms with Gasteiger partial charge in [-0.05, 0) is 29.9 Å². The van der Waals surface area contributed by atoms with Crippen LogP contribution < -0.4 is 9.47 Å². The average molecular weight is 412 g/mol. The minimum absolute atomic E-state index is 0.494. The predicted molar refractivity (Wildman–Crippen MR) is 115 cm³/mol. The summed E-state index contributed by atoms with van der Waals surface area (Å²) in [5.74, 6) is 1.45. The summed E-state index contributed by atoms with van der Waals surface area (Å²) in [5.41, 5.74) is 3.95. The molecular formula is C22H25N3O3S. The first kappa shape index (κ1) is 19.7. The molecule has 1 aliphatic rings. The Morgan fingerprint density at radius 3 is 2.45 bits per heavy atom. The van der Waals surface area contributed by atoms with Gasteiger partial charge >= 0.3 is 0 Å². The zero-order chi connectivity index (χ0) is 20.5. The van der Waals surface area contributed by atoms with Gasteiger partial charge in [0.05, 0.1) is 32.7 Å². The van der Waals surface area contributed by atoms with E-state index >= 15 is 0 Å². The highest BCUT2D eigenvalue weighted by Gasteiger charge is 2.30. The number of methoxy groups -OCH3 is 2. The van der Waals surface area contributed by atoms with Crippen LogP contribution in [0.2, 0.25) is 0 Å². The molecule has 0 bridgehead atoms. The number of aliphatic hydroxyl groups excluding tert-OH is 1. The summed E-state index contributed by atoms with van der Waals surface area (Å²) in [6.07, 6.45) is 1.41. The fourth-order valence-corrected chi connectivity index (χ4v) is 4.24. The molecule has 0 aliphatic carbocycles. The number of ether oxygens (including phenoxy) is 2. The van der Waals surface area contributed by atoms with E-state index in [2.05, 4.69) is 23.2 Å². The van der Waals surface area contributed by atoms with Crippen LogP contribution in [0.25, 0.3) is 11.3 Å². The van der Waals surface area contributed by atoms with Crippen molar-refractivity contribution in [1.29, 1.82) is 0 Å². The van der Waals surface area contributed by atoms with Crippen molar-refractivity contribution in [2.75, 3.05) is 20.8 Å². The lowest BCUT2D eigenvalue weighted by Gasteiger charge is -2.34. The maximum absolute atomic E-state index is 10.8. The number of β-amino-alcohol motifs (C(OH)–C–C–N with tert-alkyl or cyclic N) is 1. The van der Waals surface area contributed by atoms with Crippen molar-refractivity contribution in [3.05, 3.63) is 64.6 Å². The zero-order valence-electron chi connectivity index (χ0n) is 16.8. The SMILES string of the molecule is COc1ccc(OC)c2c1CN(Cn1cc(-c3ccccc3)n(C)c1=S)CC2O. The standard InChI is InChI=1S/C22H25N3O3S/c1-23-17(15-7-5-4-6-8-15)12-25(22(23)29)14-24-11-16-19(27-2)9-10-20(28-3)21(16)18(26)13-24/h4-10,12,18,26H,11,13-14H2,1-3H3. The van der Waals surface area contributed by atoms with E-state index in [1.807, 2.05) is 46.5 Å². The van der Waals surface area contributed by atoms with Crippen LogP contribution >= 0.6 is 12.2 Å². The van der Waals surface area contributed by atoms with Crippen LogP contribution in [0.5, 0.6) is 11.5 Å². The van der Waals surface area contributed by atoms with Crippen LogP contribution in [0.3, 0.4) is 0 Å². The van der Waals surface area contributed by atoms with Crippen LogP contribution in [-0.4, -0.2) is 39.9 Å². The number of aliphatic hydroxyl groups is 1. The summed E-state index contributed by atoms with van der Waals surface area (Å²) in [5, 5.41) is 10.8. The zero-order valence-corrected chi connectivity index (χ0v) is 17.6. The van der Waals surface area contributed by atoms with Crippen LogP contribution in [0.1, 0.15) is 17.2 Å². The van der Waals surface area contributed by atoms with E-state index in [1.165, 1.54) is 0 Å². The highest BCUT2D eigenvalue weighted by Crippen LogP contribution is 2.39. The van der Waals surface area contributed by atoms with Gasteiger partial charge in [-0.15, -0.1) is 0 Å². The molecule has 1 aliphatic heterocycles. The van der Waals surface area contributed by atoms with E-state index in [1.54, 1.807) is 14.2 Å².